The number of hydrogen-bond donors (Lipinski definition) is 2. The van der Waals surface area contributed by atoms with Gasteiger partial charge >= 0.3 is 0 Å². The van der Waals surface area contributed by atoms with Crippen LogP contribution in [0.1, 0.15) is 48.9 Å². The van der Waals surface area contributed by atoms with Crippen LogP contribution in [0, 0.1) is 12.7 Å². The van der Waals surface area contributed by atoms with Gasteiger partial charge in [-0.05, 0) is 52.3 Å². The van der Waals surface area contributed by atoms with Crippen LogP contribution in [0.25, 0.3) is 0 Å². The molecule has 8 nitrogen and oxygen atoms in total. The lowest BCUT2D eigenvalue weighted by Gasteiger charge is -2.44. The van der Waals surface area contributed by atoms with Crippen LogP contribution in [0.3, 0.4) is 0 Å². The van der Waals surface area contributed by atoms with Crippen LogP contribution < -0.4 is 11.1 Å². The SMILES string of the molecule is Cc1ncc(C(=O)Nc2ccc(F)c([C@@]3(C)N=C(N)C(C)(C)S4(=O)=NCC[C@@H]34)c2)cn1. The molecular weight excluding hydrogens is 419 g/mol. The average molecular weight is 445 g/mol. The summed E-state index contributed by atoms with van der Waals surface area (Å²) in [5, 5.41) is 2.25. The Morgan fingerprint density at radius 2 is 1.94 bits per heavy atom. The third-order valence-electron chi connectivity index (χ3n) is 6.20. The number of carbonyl (C=O) groups is 1. The number of rotatable bonds is 3. The molecule has 0 saturated heterocycles. The van der Waals surface area contributed by atoms with Gasteiger partial charge in [-0.1, -0.05) is 0 Å². The summed E-state index contributed by atoms with van der Waals surface area (Å²) in [6, 6.07) is 4.25. The van der Waals surface area contributed by atoms with Gasteiger partial charge in [-0.2, -0.15) is 0 Å². The van der Waals surface area contributed by atoms with E-state index in [9.17, 15) is 9.00 Å². The second-order valence-corrected chi connectivity index (χ2v) is 11.5. The molecule has 2 aromatic rings. The molecule has 3 heterocycles. The Kier molecular flexibility index (Phi) is 4.88. The molecule has 0 bridgehead atoms. The van der Waals surface area contributed by atoms with Crippen LogP contribution >= 0.6 is 0 Å². The van der Waals surface area contributed by atoms with Crippen molar-refractivity contribution in [2.24, 2.45) is 15.1 Å². The second kappa shape index (κ2) is 7.08. The van der Waals surface area contributed by atoms with Crippen molar-refractivity contribution in [2.75, 3.05) is 11.9 Å². The lowest BCUT2D eigenvalue weighted by atomic mass is 9.85. The number of anilines is 1. The maximum absolute atomic E-state index is 15.0. The monoisotopic (exact) mass is 444 g/mol. The van der Waals surface area contributed by atoms with E-state index in [-0.39, 0.29) is 17.0 Å². The first-order chi connectivity index (χ1) is 14.5. The Morgan fingerprint density at radius 3 is 2.61 bits per heavy atom. The van der Waals surface area contributed by atoms with Crippen molar-refractivity contribution in [3.63, 3.8) is 0 Å². The molecule has 0 saturated carbocycles. The molecule has 0 fully saturated rings. The highest BCUT2D eigenvalue weighted by molar-refractivity contribution is 7.96. The molecule has 164 valence electrons. The summed E-state index contributed by atoms with van der Waals surface area (Å²) >= 11 is 0. The molecule has 3 atom stereocenters. The van der Waals surface area contributed by atoms with Crippen LogP contribution in [-0.4, -0.2) is 42.5 Å². The van der Waals surface area contributed by atoms with E-state index in [1.54, 1.807) is 27.7 Å². The number of aryl methyl sites for hydroxylation is 1. The van der Waals surface area contributed by atoms with Crippen molar-refractivity contribution in [1.29, 1.82) is 0 Å². The van der Waals surface area contributed by atoms with Crippen molar-refractivity contribution in [2.45, 2.75) is 49.7 Å². The van der Waals surface area contributed by atoms with E-state index in [4.69, 9.17) is 5.73 Å². The minimum atomic E-state index is -2.78. The number of fused-ring (bicyclic) bond motifs is 1. The van der Waals surface area contributed by atoms with Gasteiger partial charge in [-0.25, -0.2) is 22.9 Å². The molecule has 31 heavy (non-hydrogen) atoms. The lowest BCUT2D eigenvalue weighted by molar-refractivity contribution is 0.102. The molecule has 1 aromatic carbocycles. The first kappa shape index (κ1) is 21.4. The first-order valence-corrected chi connectivity index (χ1v) is 11.5. The third-order valence-corrected chi connectivity index (χ3v) is 9.90. The normalized spacial score (nSPS) is 28.9. The van der Waals surface area contributed by atoms with Crippen LogP contribution in [-0.2, 0) is 15.3 Å². The number of hydrogen-bond acceptors (Lipinski definition) is 7. The summed E-state index contributed by atoms with van der Waals surface area (Å²) in [5.74, 6) is -0.193. The van der Waals surface area contributed by atoms with Crippen molar-refractivity contribution >= 4 is 27.2 Å². The fourth-order valence-corrected chi connectivity index (χ4v) is 7.37. The van der Waals surface area contributed by atoms with Crippen LogP contribution in [0.2, 0.25) is 0 Å². The summed E-state index contributed by atoms with van der Waals surface area (Å²) < 4.78 is 32.4. The van der Waals surface area contributed by atoms with E-state index in [0.717, 1.165) is 0 Å². The Labute approximate surface area is 180 Å². The molecular formula is C21H25FN6O2S. The van der Waals surface area contributed by atoms with E-state index in [0.29, 0.717) is 24.5 Å². The van der Waals surface area contributed by atoms with E-state index < -0.39 is 37.0 Å². The van der Waals surface area contributed by atoms with Gasteiger partial charge in [0.25, 0.3) is 5.91 Å². The Bertz CT molecular complexity index is 1220. The highest BCUT2D eigenvalue weighted by Gasteiger charge is 2.56. The van der Waals surface area contributed by atoms with Gasteiger partial charge in [0.15, 0.2) is 0 Å². The van der Waals surface area contributed by atoms with Crippen molar-refractivity contribution in [3.8, 4) is 0 Å². The van der Waals surface area contributed by atoms with Crippen molar-refractivity contribution in [3.05, 3.63) is 53.4 Å². The van der Waals surface area contributed by atoms with Crippen molar-refractivity contribution in [1.82, 2.24) is 9.97 Å². The van der Waals surface area contributed by atoms with E-state index >= 15 is 4.39 Å². The predicted octanol–water partition coefficient (Wildman–Crippen LogP) is 2.78. The van der Waals surface area contributed by atoms with Crippen LogP contribution in [0.15, 0.2) is 39.9 Å². The molecule has 4 rings (SSSR count). The molecule has 1 aromatic heterocycles. The number of nitrogens with zero attached hydrogens (tertiary/aromatic N) is 4. The van der Waals surface area contributed by atoms with E-state index in [1.807, 2.05) is 0 Å². The topological polar surface area (TPSA) is 123 Å². The maximum Gasteiger partial charge on any atom is 0.258 e. The molecule has 0 spiro atoms. The van der Waals surface area contributed by atoms with Gasteiger partial charge < -0.3 is 11.1 Å². The fourth-order valence-electron chi connectivity index (χ4n) is 4.21. The average Bonchev–Trinajstić information content (AvgIpc) is 3.13. The maximum atomic E-state index is 15.0. The molecule has 0 radical (unpaired) electrons. The number of nitrogens with two attached hydrogens (primary N) is 1. The first-order valence-electron chi connectivity index (χ1n) is 9.96. The number of amides is 1. The van der Waals surface area contributed by atoms with Gasteiger partial charge in [0.2, 0.25) is 0 Å². The van der Waals surface area contributed by atoms with Gasteiger partial charge in [0.1, 0.15) is 27.8 Å². The third kappa shape index (κ3) is 3.20. The summed E-state index contributed by atoms with van der Waals surface area (Å²) in [6.45, 7) is 7.41. The molecule has 2 aliphatic heterocycles. The molecule has 1 unspecified atom stereocenters. The number of aromatic nitrogens is 2. The Balaban J connectivity index is 1.76. The van der Waals surface area contributed by atoms with E-state index in [2.05, 4.69) is 24.6 Å². The van der Waals surface area contributed by atoms with Gasteiger partial charge in [0, 0.05) is 30.2 Å². The number of aliphatic imine (C=N–C) groups is 1. The van der Waals surface area contributed by atoms with E-state index in [1.165, 1.54) is 30.6 Å². The zero-order chi connectivity index (χ0) is 22.6. The standard InChI is InChI=1S/C21H25FN6O2S/c1-12-24-10-13(11-25-12)18(29)27-14-5-6-16(22)15(9-14)21(4)17-7-8-26-31(17,30)20(2,3)19(23)28-21/h5-6,9-11,17H,7-8H2,1-4H3,(H2,23,28)(H,27,29)/t17-,21+,31?/m0/s1. The number of halogens is 1. The van der Waals surface area contributed by atoms with Crippen molar-refractivity contribution < 1.29 is 13.4 Å². The molecule has 1 amide bonds. The molecule has 3 N–H and O–H groups in total. The molecule has 10 heteroatoms. The lowest BCUT2D eigenvalue weighted by Crippen LogP contribution is -2.58. The molecule has 0 aliphatic carbocycles. The second-order valence-electron chi connectivity index (χ2n) is 8.52. The summed E-state index contributed by atoms with van der Waals surface area (Å²) in [4.78, 5) is 25.2. The fraction of sp³-hybridized carbons (Fsp3) is 0.429. The Hall–Kier alpha value is -2.88. The summed E-state index contributed by atoms with van der Waals surface area (Å²) in [6.07, 6.45) is 3.37. The minimum absolute atomic E-state index is 0.188. The highest BCUT2D eigenvalue weighted by Crippen LogP contribution is 2.48. The smallest absolute Gasteiger partial charge is 0.258 e. The zero-order valence-corrected chi connectivity index (χ0v) is 18.7. The predicted molar refractivity (Wildman–Crippen MR) is 118 cm³/mol. The highest BCUT2D eigenvalue weighted by atomic mass is 32.2. The molecule has 2 aliphatic rings. The quantitative estimate of drug-likeness (QED) is 0.754. The van der Waals surface area contributed by atoms with Gasteiger partial charge in [0.05, 0.1) is 20.5 Å². The number of nitrogens with one attached hydrogen (secondary N) is 1. The minimum Gasteiger partial charge on any atom is -0.386 e. The van der Waals surface area contributed by atoms with Gasteiger partial charge in [-0.3, -0.25) is 9.79 Å². The van der Waals surface area contributed by atoms with Gasteiger partial charge in [-0.15, -0.1) is 0 Å². The van der Waals surface area contributed by atoms with Crippen LogP contribution in [0.5, 0.6) is 0 Å². The number of amidine groups is 1. The Morgan fingerprint density at radius 1 is 1.26 bits per heavy atom. The summed E-state index contributed by atoms with van der Waals surface area (Å²) in [7, 11) is -2.78. The van der Waals surface area contributed by atoms with Crippen LogP contribution in [0.4, 0.5) is 10.1 Å². The largest absolute Gasteiger partial charge is 0.386 e. The summed E-state index contributed by atoms with van der Waals surface area (Å²) in [5.41, 5.74) is 5.93. The number of benzene rings is 1. The number of carbonyl (C=O) groups excluding carboxylic acids is 1. The zero-order valence-electron chi connectivity index (χ0n) is 17.8.